The molecule has 6 heteroatoms. The fraction of sp³-hybridized carbons (Fsp3) is 0.462. The Morgan fingerprint density at radius 3 is 2.53 bits per heavy atom. The Kier molecular flexibility index (Phi) is 4.94. The third-order valence-electron chi connectivity index (χ3n) is 3.00. The first-order valence-corrected chi connectivity index (χ1v) is 5.98. The second kappa shape index (κ2) is 6.06. The van der Waals surface area contributed by atoms with Crippen LogP contribution in [0.4, 0.5) is 13.2 Å². The van der Waals surface area contributed by atoms with Gasteiger partial charge in [0.15, 0.2) is 0 Å². The molecule has 0 bridgehead atoms. The number of nitrogens with two attached hydrogens (primary N) is 1. The van der Waals surface area contributed by atoms with Gasteiger partial charge in [-0.05, 0) is 31.5 Å². The van der Waals surface area contributed by atoms with Crippen LogP contribution in [0, 0.1) is 0 Å². The van der Waals surface area contributed by atoms with Crippen molar-refractivity contribution in [2.24, 2.45) is 5.73 Å². The summed E-state index contributed by atoms with van der Waals surface area (Å²) in [6, 6.07) is 4.55. The van der Waals surface area contributed by atoms with Crippen LogP contribution in [0.1, 0.15) is 31.0 Å². The molecular formula is C13H17F3N2O. The van der Waals surface area contributed by atoms with Gasteiger partial charge >= 0.3 is 6.18 Å². The van der Waals surface area contributed by atoms with Crippen LogP contribution >= 0.6 is 0 Å². The molecule has 1 rings (SSSR count). The van der Waals surface area contributed by atoms with Crippen molar-refractivity contribution in [2.75, 3.05) is 13.1 Å². The van der Waals surface area contributed by atoms with Crippen molar-refractivity contribution in [2.45, 2.75) is 26.1 Å². The van der Waals surface area contributed by atoms with Gasteiger partial charge in [0.2, 0.25) is 5.91 Å². The van der Waals surface area contributed by atoms with Gasteiger partial charge in [-0.2, -0.15) is 13.2 Å². The molecular weight excluding hydrogens is 257 g/mol. The van der Waals surface area contributed by atoms with Gasteiger partial charge in [-0.25, -0.2) is 0 Å². The lowest BCUT2D eigenvalue weighted by atomic mass is 10.0. The number of alkyl halides is 3. The molecule has 106 valence electrons. The Morgan fingerprint density at radius 1 is 1.42 bits per heavy atom. The van der Waals surface area contributed by atoms with Gasteiger partial charge in [-0.1, -0.05) is 12.1 Å². The highest BCUT2D eigenvalue weighted by Gasteiger charge is 2.31. The minimum atomic E-state index is -4.38. The van der Waals surface area contributed by atoms with E-state index in [0.717, 1.165) is 12.1 Å². The lowest BCUT2D eigenvalue weighted by Gasteiger charge is -2.28. The molecule has 0 heterocycles. The van der Waals surface area contributed by atoms with E-state index in [1.807, 2.05) is 0 Å². The van der Waals surface area contributed by atoms with E-state index in [0.29, 0.717) is 12.1 Å². The molecule has 1 aromatic carbocycles. The van der Waals surface area contributed by atoms with Gasteiger partial charge < -0.3 is 10.6 Å². The first-order chi connectivity index (χ1) is 8.81. The molecule has 0 aliphatic carbocycles. The zero-order valence-electron chi connectivity index (χ0n) is 10.9. The van der Waals surface area contributed by atoms with Crippen LogP contribution in [-0.2, 0) is 11.0 Å². The number of hydrogen-bond acceptors (Lipinski definition) is 2. The number of carbonyl (C=O) groups is 1. The fourth-order valence-electron chi connectivity index (χ4n) is 1.94. The van der Waals surface area contributed by atoms with Gasteiger partial charge in [0.1, 0.15) is 0 Å². The van der Waals surface area contributed by atoms with Crippen molar-refractivity contribution in [3.63, 3.8) is 0 Å². The maximum Gasteiger partial charge on any atom is 0.416 e. The summed E-state index contributed by atoms with van der Waals surface area (Å²) in [5.74, 6) is -0.285. The number of likely N-dealkylation sites (N-methyl/N-ethyl adjacent to an activating group) is 1. The van der Waals surface area contributed by atoms with Crippen molar-refractivity contribution in [3.05, 3.63) is 35.4 Å². The van der Waals surface area contributed by atoms with Crippen molar-refractivity contribution < 1.29 is 18.0 Å². The van der Waals surface area contributed by atoms with E-state index in [-0.39, 0.29) is 12.5 Å². The van der Waals surface area contributed by atoms with E-state index in [9.17, 15) is 18.0 Å². The Balaban J connectivity index is 3.05. The highest BCUT2D eigenvalue weighted by atomic mass is 19.4. The second-order valence-corrected chi connectivity index (χ2v) is 4.18. The summed E-state index contributed by atoms with van der Waals surface area (Å²) in [6.45, 7) is 3.69. The molecule has 0 aromatic heterocycles. The Bertz CT molecular complexity index is 446. The van der Waals surface area contributed by atoms with Crippen LogP contribution in [0.25, 0.3) is 0 Å². The average Bonchev–Trinajstić information content (AvgIpc) is 2.38. The molecule has 0 aliphatic heterocycles. The SMILES string of the molecule is CCN(C(=O)CN)C(C)c1cccc(C(F)(F)F)c1. The van der Waals surface area contributed by atoms with Gasteiger partial charge in [-0.3, -0.25) is 4.79 Å². The van der Waals surface area contributed by atoms with E-state index >= 15 is 0 Å². The minimum absolute atomic E-state index is 0.156. The molecule has 0 aliphatic rings. The summed E-state index contributed by atoms with van der Waals surface area (Å²) >= 11 is 0. The van der Waals surface area contributed by atoms with Gasteiger partial charge in [0.25, 0.3) is 0 Å². The number of halogens is 3. The average molecular weight is 274 g/mol. The quantitative estimate of drug-likeness (QED) is 0.917. The normalized spacial score (nSPS) is 13.2. The third-order valence-corrected chi connectivity index (χ3v) is 3.00. The van der Waals surface area contributed by atoms with Gasteiger partial charge in [-0.15, -0.1) is 0 Å². The molecule has 19 heavy (non-hydrogen) atoms. The van der Waals surface area contributed by atoms with Crippen molar-refractivity contribution >= 4 is 5.91 Å². The van der Waals surface area contributed by atoms with Gasteiger partial charge in [0, 0.05) is 6.54 Å². The lowest BCUT2D eigenvalue weighted by Crippen LogP contribution is -2.37. The summed E-state index contributed by atoms with van der Waals surface area (Å²) in [5.41, 5.74) is 5.02. The number of benzene rings is 1. The molecule has 0 saturated heterocycles. The number of carbonyl (C=O) groups excluding carboxylic acids is 1. The van der Waals surface area contributed by atoms with Gasteiger partial charge in [0.05, 0.1) is 18.2 Å². The van der Waals surface area contributed by atoms with Crippen LogP contribution in [0.5, 0.6) is 0 Å². The number of nitrogens with zero attached hydrogens (tertiary/aromatic N) is 1. The summed E-state index contributed by atoms with van der Waals surface area (Å²) < 4.78 is 37.9. The molecule has 0 saturated carbocycles. The highest BCUT2D eigenvalue weighted by molar-refractivity contribution is 5.78. The lowest BCUT2D eigenvalue weighted by molar-refractivity contribution is -0.137. The van der Waals surface area contributed by atoms with Crippen LogP contribution in [0.3, 0.4) is 0 Å². The summed E-state index contributed by atoms with van der Waals surface area (Å²) in [7, 11) is 0. The maximum absolute atomic E-state index is 12.6. The van der Waals surface area contributed by atoms with E-state index in [1.54, 1.807) is 19.9 Å². The monoisotopic (exact) mass is 274 g/mol. The highest BCUT2D eigenvalue weighted by Crippen LogP contribution is 2.31. The van der Waals surface area contributed by atoms with Crippen LogP contribution in [-0.4, -0.2) is 23.9 Å². The fourth-order valence-corrected chi connectivity index (χ4v) is 1.94. The molecule has 1 unspecified atom stereocenters. The molecule has 1 atom stereocenters. The maximum atomic E-state index is 12.6. The van der Waals surface area contributed by atoms with Crippen LogP contribution < -0.4 is 5.73 Å². The molecule has 1 amide bonds. The predicted octanol–water partition coefficient (Wildman–Crippen LogP) is 2.57. The van der Waals surface area contributed by atoms with Crippen LogP contribution in [0.15, 0.2) is 24.3 Å². The summed E-state index contributed by atoms with van der Waals surface area (Å²) in [6.07, 6.45) is -4.38. The Labute approximate surface area is 110 Å². The topological polar surface area (TPSA) is 46.3 Å². The van der Waals surface area contributed by atoms with E-state index < -0.39 is 17.8 Å². The molecule has 1 aromatic rings. The van der Waals surface area contributed by atoms with Crippen molar-refractivity contribution in [1.82, 2.24) is 4.90 Å². The number of hydrogen-bond donors (Lipinski definition) is 1. The number of rotatable bonds is 4. The van der Waals surface area contributed by atoms with E-state index in [1.165, 1.54) is 11.0 Å². The third kappa shape index (κ3) is 3.70. The second-order valence-electron chi connectivity index (χ2n) is 4.18. The van der Waals surface area contributed by atoms with Crippen LogP contribution in [0.2, 0.25) is 0 Å². The van der Waals surface area contributed by atoms with Crippen molar-refractivity contribution in [3.8, 4) is 0 Å². The molecule has 2 N–H and O–H groups in total. The Morgan fingerprint density at radius 2 is 2.05 bits per heavy atom. The predicted molar refractivity (Wildman–Crippen MR) is 66.3 cm³/mol. The smallest absolute Gasteiger partial charge is 0.335 e. The molecule has 0 radical (unpaired) electrons. The molecule has 3 nitrogen and oxygen atoms in total. The molecule has 0 fully saturated rings. The minimum Gasteiger partial charge on any atom is -0.335 e. The summed E-state index contributed by atoms with van der Waals surface area (Å²) in [5, 5.41) is 0. The Hall–Kier alpha value is -1.56. The largest absolute Gasteiger partial charge is 0.416 e. The summed E-state index contributed by atoms with van der Waals surface area (Å²) in [4.78, 5) is 13.1. The van der Waals surface area contributed by atoms with Crippen molar-refractivity contribution in [1.29, 1.82) is 0 Å². The zero-order chi connectivity index (χ0) is 14.6. The standard InChI is InChI=1S/C13H17F3N2O/c1-3-18(12(19)8-17)9(2)10-5-4-6-11(7-10)13(14,15)16/h4-7,9H,3,8,17H2,1-2H3. The van der Waals surface area contributed by atoms with E-state index in [2.05, 4.69) is 0 Å². The van der Waals surface area contributed by atoms with E-state index in [4.69, 9.17) is 5.73 Å². The first kappa shape index (κ1) is 15.5. The first-order valence-electron chi connectivity index (χ1n) is 5.98. The molecule has 0 spiro atoms. The number of amides is 1. The zero-order valence-corrected chi connectivity index (χ0v) is 10.9.